The highest BCUT2D eigenvalue weighted by Gasteiger charge is 2.21. The number of quaternary nitrogens is 1. The van der Waals surface area contributed by atoms with Crippen LogP contribution in [0.3, 0.4) is 0 Å². The Morgan fingerprint density at radius 2 is 1.36 bits per heavy atom. The molecule has 0 aromatic rings. The topological polar surface area (TPSA) is 40.0 Å². The molecule has 1 saturated heterocycles. The molecule has 0 amide bonds. The highest BCUT2D eigenvalue weighted by molar-refractivity contribution is 5.70. The molecular formula is C18H34NO3+. The van der Waals surface area contributed by atoms with Gasteiger partial charge in [-0.1, -0.05) is 44.9 Å². The first-order valence-corrected chi connectivity index (χ1v) is 9.45. The van der Waals surface area contributed by atoms with E-state index < -0.39 is 0 Å². The van der Waals surface area contributed by atoms with Crippen molar-refractivity contribution < 1.29 is 19.2 Å². The van der Waals surface area contributed by atoms with Crippen LogP contribution in [0.1, 0.15) is 70.6 Å². The zero-order valence-electron chi connectivity index (χ0n) is 14.1. The third-order valence-corrected chi connectivity index (χ3v) is 4.94. The van der Waals surface area contributed by atoms with E-state index in [1.807, 2.05) is 0 Å². The highest BCUT2D eigenvalue weighted by atomic mass is 16.5. The smallest absolute Gasteiger partial charge is 0.361 e. The standard InChI is InChI=1S/C18H33NO3/c20-18(16-19-12-14-21-15-13-19)22-17-10-8-6-4-2-1-3-5-7-9-11-17/h17H,1-16H2/p+1. The Morgan fingerprint density at radius 1 is 0.864 bits per heavy atom. The van der Waals surface area contributed by atoms with Crippen LogP contribution >= 0.6 is 0 Å². The van der Waals surface area contributed by atoms with E-state index in [1.165, 1.54) is 62.7 Å². The van der Waals surface area contributed by atoms with Crippen LogP contribution in [0.4, 0.5) is 0 Å². The van der Waals surface area contributed by atoms with E-state index in [0.29, 0.717) is 6.54 Å². The minimum atomic E-state index is -0.00556. The Morgan fingerprint density at radius 3 is 1.91 bits per heavy atom. The zero-order chi connectivity index (χ0) is 15.5. The monoisotopic (exact) mass is 312 g/mol. The number of rotatable bonds is 3. The molecule has 0 unspecified atom stereocenters. The van der Waals surface area contributed by atoms with Gasteiger partial charge in [0.05, 0.1) is 13.2 Å². The van der Waals surface area contributed by atoms with Gasteiger partial charge in [0.15, 0.2) is 6.54 Å². The third-order valence-electron chi connectivity index (χ3n) is 4.94. The van der Waals surface area contributed by atoms with E-state index >= 15 is 0 Å². The predicted octanol–water partition coefficient (Wildman–Crippen LogP) is 2.12. The quantitative estimate of drug-likeness (QED) is 0.812. The van der Waals surface area contributed by atoms with Gasteiger partial charge in [0.1, 0.15) is 19.2 Å². The van der Waals surface area contributed by atoms with Crippen LogP contribution in [-0.4, -0.2) is 44.9 Å². The molecule has 4 nitrogen and oxygen atoms in total. The Kier molecular flexibility index (Phi) is 8.88. The van der Waals surface area contributed by atoms with E-state index in [9.17, 15) is 4.79 Å². The maximum absolute atomic E-state index is 12.2. The van der Waals surface area contributed by atoms with Gasteiger partial charge in [-0.2, -0.15) is 0 Å². The Labute approximate surface area is 135 Å². The average molecular weight is 312 g/mol. The number of carbonyl (C=O) groups excluding carboxylic acids is 1. The van der Waals surface area contributed by atoms with E-state index in [-0.39, 0.29) is 12.1 Å². The van der Waals surface area contributed by atoms with Gasteiger partial charge >= 0.3 is 5.97 Å². The summed E-state index contributed by atoms with van der Waals surface area (Å²) in [5, 5.41) is 0. The van der Waals surface area contributed by atoms with Crippen LogP contribution in [0.15, 0.2) is 0 Å². The number of ether oxygens (including phenoxy) is 2. The molecule has 0 bridgehead atoms. The molecule has 0 aromatic carbocycles. The van der Waals surface area contributed by atoms with Crippen LogP contribution in [0.5, 0.6) is 0 Å². The number of carbonyl (C=O) groups is 1. The molecule has 0 atom stereocenters. The van der Waals surface area contributed by atoms with Gasteiger partial charge < -0.3 is 14.4 Å². The predicted molar refractivity (Wildman–Crippen MR) is 87.0 cm³/mol. The maximum atomic E-state index is 12.2. The van der Waals surface area contributed by atoms with Crippen LogP contribution in [0.25, 0.3) is 0 Å². The van der Waals surface area contributed by atoms with Gasteiger partial charge in [0.2, 0.25) is 0 Å². The SMILES string of the molecule is O=C(C[NH+]1CCOCC1)OC1CCCCCCCCCCC1. The fourth-order valence-corrected chi connectivity index (χ4v) is 3.51. The normalized spacial score (nSPS) is 24.2. The summed E-state index contributed by atoms with van der Waals surface area (Å²) in [7, 11) is 0. The van der Waals surface area contributed by atoms with Crippen molar-refractivity contribution in [2.75, 3.05) is 32.8 Å². The molecule has 1 aliphatic heterocycles. The van der Waals surface area contributed by atoms with E-state index in [2.05, 4.69) is 0 Å². The second-order valence-electron chi connectivity index (χ2n) is 6.91. The summed E-state index contributed by atoms with van der Waals surface area (Å²) < 4.78 is 11.1. The van der Waals surface area contributed by atoms with Crippen molar-refractivity contribution in [3.8, 4) is 0 Å². The maximum Gasteiger partial charge on any atom is 0.361 e. The van der Waals surface area contributed by atoms with E-state index in [0.717, 1.165) is 39.1 Å². The molecular weight excluding hydrogens is 278 g/mol. The summed E-state index contributed by atoms with van der Waals surface area (Å²) in [5.74, 6) is -0.00556. The number of nitrogens with one attached hydrogen (secondary N) is 1. The van der Waals surface area contributed by atoms with E-state index in [4.69, 9.17) is 9.47 Å². The molecule has 4 heteroatoms. The van der Waals surface area contributed by atoms with Crippen molar-refractivity contribution in [2.24, 2.45) is 0 Å². The largest absolute Gasteiger partial charge is 0.458 e. The van der Waals surface area contributed by atoms with Gasteiger partial charge in [-0.15, -0.1) is 0 Å². The molecule has 2 fully saturated rings. The Balaban J connectivity index is 1.70. The molecule has 0 radical (unpaired) electrons. The molecule has 128 valence electrons. The fraction of sp³-hybridized carbons (Fsp3) is 0.944. The van der Waals surface area contributed by atoms with E-state index in [1.54, 1.807) is 0 Å². The Bertz CT molecular complexity index is 291. The van der Waals surface area contributed by atoms with Crippen molar-refractivity contribution in [1.29, 1.82) is 0 Å². The highest BCUT2D eigenvalue weighted by Crippen LogP contribution is 2.18. The Hall–Kier alpha value is -0.610. The van der Waals surface area contributed by atoms with Crippen molar-refractivity contribution in [2.45, 2.75) is 76.7 Å². The molecule has 1 N–H and O–H groups in total. The summed E-state index contributed by atoms with van der Waals surface area (Å²) in [4.78, 5) is 13.5. The number of esters is 1. The molecule has 2 aliphatic rings. The van der Waals surface area contributed by atoms with Gasteiger partial charge in [-0.05, 0) is 25.7 Å². The molecule has 1 heterocycles. The number of hydrogen-bond acceptors (Lipinski definition) is 3. The van der Waals surface area contributed by atoms with Crippen LogP contribution < -0.4 is 4.90 Å². The van der Waals surface area contributed by atoms with Crippen LogP contribution in [-0.2, 0) is 14.3 Å². The second-order valence-corrected chi connectivity index (χ2v) is 6.91. The lowest BCUT2D eigenvalue weighted by Crippen LogP contribution is -3.15. The van der Waals surface area contributed by atoms with Crippen LogP contribution in [0.2, 0.25) is 0 Å². The van der Waals surface area contributed by atoms with Crippen molar-refractivity contribution in [1.82, 2.24) is 0 Å². The van der Waals surface area contributed by atoms with Gasteiger partial charge in [0, 0.05) is 0 Å². The lowest BCUT2D eigenvalue weighted by Gasteiger charge is -2.24. The van der Waals surface area contributed by atoms with Crippen LogP contribution in [0, 0.1) is 0 Å². The van der Waals surface area contributed by atoms with Gasteiger partial charge in [-0.25, -0.2) is 4.79 Å². The summed E-state index contributed by atoms with van der Waals surface area (Å²) in [6, 6.07) is 0. The second kappa shape index (κ2) is 11.0. The molecule has 2 rings (SSSR count). The minimum absolute atomic E-state index is 0.00556. The molecule has 0 spiro atoms. The third kappa shape index (κ3) is 7.59. The van der Waals surface area contributed by atoms with Gasteiger partial charge in [-0.3, -0.25) is 0 Å². The molecule has 1 saturated carbocycles. The summed E-state index contributed by atoms with van der Waals surface area (Å²) in [6.45, 7) is 3.91. The van der Waals surface area contributed by atoms with Crippen molar-refractivity contribution >= 4 is 5.97 Å². The van der Waals surface area contributed by atoms with Gasteiger partial charge in [0.25, 0.3) is 0 Å². The molecule has 22 heavy (non-hydrogen) atoms. The lowest BCUT2D eigenvalue weighted by atomic mass is 9.99. The molecule has 1 aliphatic carbocycles. The zero-order valence-corrected chi connectivity index (χ0v) is 14.1. The number of morpholine rings is 1. The minimum Gasteiger partial charge on any atom is -0.458 e. The summed E-state index contributed by atoms with van der Waals surface area (Å²) >= 11 is 0. The molecule has 0 aromatic heterocycles. The van der Waals surface area contributed by atoms with Crippen molar-refractivity contribution in [3.63, 3.8) is 0 Å². The van der Waals surface area contributed by atoms with Crippen molar-refractivity contribution in [3.05, 3.63) is 0 Å². The fourth-order valence-electron chi connectivity index (χ4n) is 3.51. The first-order valence-electron chi connectivity index (χ1n) is 9.45. The number of hydrogen-bond donors (Lipinski definition) is 1. The first kappa shape index (κ1) is 17.7. The summed E-state index contributed by atoms with van der Waals surface area (Å²) in [5.41, 5.74) is 0. The average Bonchev–Trinajstić information content (AvgIpc) is 2.51. The first-order chi connectivity index (χ1) is 10.8. The summed E-state index contributed by atoms with van der Waals surface area (Å²) in [6.07, 6.45) is 14.1. The lowest BCUT2D eigenvalue weighted by molar-refractivity contribution is -0.900.